The lowest BCUT2D eigenvalue weighted by Gasteiger charge is -2.33. The maximum atomic E-state index is 13.5. The maximum Gasteiger partial charge on any atom is 0.407 e. The average Bonchev–Trinajstić information content (AvgIpc) is 3.98. The molecule has 0 bridgehead atoms. The van der Waals surface area contributed by atoms with Crippen LogP contribution in [0, 0.1) is 11.8 Å². The third kappa shape index (κ3) is 8.05. The van der Waals surface area contributed by atoms with Gasteiger partial charge in [0.05, 0.1) is 36.8 Å². The summed E-state index contributed by atoms with van der Waals surface area (Å²) in [4.78, 5) is 71.0. The number of hydrogen-bond donors (Lipinski definition) is 6. The van der Waals surface area contributed by atoms with Crippen LogP contribution in [0.4, 0.5) is 9.59 Å². The van der Waals surface area contributed by atoms with Crippen LogP contribution in [0.25, 0.3) is 28.3 Å². The molecule has 5 atom stereocenters. The highest BCUT2D eigenvalue weighted by atomic mass is 16.5. The molecule has 5 heterocycles. The van der Waals surface area contributed by atoms with E-state index in [2.05, 4.69) is 41.2 Å². The Morgan fingerprint density at radius 2 is 1.45 bits per heavy atom. The Balaban J connectivity index is 1.07. The van der Waals surface area contributed by atoms with E-state index in [1.807, 2.05) is 58.2 Å². The van der Waals surface area contributed by atoms with Gasteiger partial charge in [0.2, 0.25) is 11.8 Å². The van der Waals surface area contributed by atoms with Crippen LogP contribution in [-0.2, 0) is 14.3 Å². The number of benzene rings is 1. The van der Waals surface area contributed by atoms with Gasteiger partial charge in [-0.1, -0.05) is 52.0 Å². The molecule has 0 spiro atoms. The molecule has 0 radical (unpaired) electrons. The lowest BCUT2D eigenvalue weighted by molar-refractivity contribution is -0.136. The summed E-state index contributed by atoms with van der Waals surface area (Å²) in [6.07, 6.45) is 8.26. The van der Waals surface area contributed by atoms with Crippen molar-refractivity contribution >= 4 is 29.7 Å². The van der Waals surface area contributed by atoms with Crippen LogP contribution >= 0.6 is 0 Å². The van der Waals surface area contributed by atoms with E-state index >= 15 is 0 Å². The van der Waals surface area contributed by atoms with E-state index in [9.17, 15) is 24.3 Å². The monoisotopic (exact) mass is 728 g/mol. The Morgan fingerprint density at radius 1 is 0.830 bits per heavy atom. The van der Waals surface area contributed by atoms with Crippen molar-refractivity contribution < 1.29 is 29.0 Å². The van der Waals surface area contributed by atoms with Crippen molar-refractivity contribution in [3.8, 4) is 22.6 Å². The van der Waals surface area contributed by atoms with Crippen molar-refractivity contribution in [2.45, 2.75) is 83.7 Å². The molecule has 1 unspecified atom stereocenters. The minimum absolute atomic E-state index is 0.115. The Kier molecular flexibility index (Phi) is 11.1. The van der Waals surface area contributed by atoms with Gasteiger partial charge < -0.3 is 45.9 Å². The molecule has 282 valence electrons. The summed E-state index contributed by atoms with van der Waals surface area (Å²) >= 11 is 0. The van der Waals surface area contributed by atoms with Crippen LogP contribution in [0.15, 0.2) is 49.1 Å². The Bertz CT molecular complexity index is 1830. The molecule has 2 fully saturated rings. The first-order chi connectivity index (χ1) is 25.4. The molecule has 3 aromatic rings. The van der Waals surface area contributed by atoms with Gasteiger partial charge in [-0.25, -0.2) is 24.5 Å². The van der Waals surface area contributed by atoms with E-state index in [-0.39, 0.29) is 41.9 Å². The summed E-state index contributed by atoms with van der Waals surface area (Å²) in [5, 5.41) is 21.1. The number of rotatable bonds is 11. The molecule has 16 heteroatoms. The first-order valence-electron chi connectivity index (χ1n) is 18.1. The van der Waals surface area contributed by atoms with Gasteiger partial charge in [0.15, 0.2) is 5.82 Å². The standard InChI is InChI=1S/C37H48N10O6/c1-20(2)29(44-36(50)51)34(48)46-14-6-9-28(46)33-41-19-26(43-33)24-16-38-31(39-17-24)23-12-10-22(11-13-23)25-18-40-32(42-25)27-8-7-15-47(27)35(49)30(21(3)4)45-37(52)53-5/h10-13,16-21,27-30,33,41,43-44H,6-9,14-15H2,1-5H3,(H,40,42)(H,45,52)(H,50,51)/t27-,28-,29-,30-,33?/m0/s1. The molecule has 2 aromatic heterocycles. The van der Waals surface area contributed by atoms with Crippen molar-refractivity contribution in [1.82, 2.24) is 51.0 Å². The second-order valence-corrected chi connectivity index (χ2v) is 14.4. The maximum absolute atomic E-state index is 13.5. The molecule has 0 saturated carbocycles. The topological polar surface area (TPSA) is 207 Å². The van der Waals surface area contributed by atoms with E-state index < -0.39 is 24.3 Å². The molecule has 0 aliphatic carbocycles. The fourth-order valence-electron chi connectivity index (χ4n) is 7.30. The Hall–Kier alpha value is -5.67. The molecule has 53 heavy (non-hydrogen) atoms. The van der Waals surface area contributed by atoms with Crippen LogP contribution in [0.5, 0.6) is 0 Å². The smallest absolute Gasteiger partial charge is 0.407 e. The van der Waals surface area contributed by atoms with E-state index in [1.54, 1.807) is 28.4 Å². The van der Waals surface area contributed by atoms with Crippen LogP contribution in [-0.4, -0.2) is 103 Å². The second-order valence-electron chi connectivity index (χ2n) is 14.4. The SMILES string of the molecule is COC(=O)N[C@H](C(=O)N1CCC[C@H]1c1ncc(-c2ccc(-c3ncc(C4=CNC([C@@H]5CCCN5C(=O)[C@@H](NC(=O)O)C(C)C)N4)cn3)cc2)[nH]1)C(C)C. The second kappa shape index (κ2) is 15.9. The van der Waals surface area contributed by atoms with Gasteiger partial charge in [-0.15, -0.1) is 0 Å². The van der Waals surface area contributed by atoms with E-state index in [0.29, 0.717) is 24.7 Å². The summed E-state index contributed by atoms with van der Waals surface area (Å²) in [7, 11) is 1.28. The highest BCUT2D eigenvalue weighted by Gasteiger charge is 2.41. The number of nitrogens with zero attached hydrogens (tertiary/aromatic N) is 5. The average molecular weight is 729 g/mol. The number of amides is 4. The van der Waals surface area contributed by atoms with Crippen LogP contribution in [0.1, 0.15) is 70.8 Å². The fraction of sp³-hybridized carbons (Fsp3) is 0.486. The number of aromatic nitrogens is 4. The number of carbonyl (C=O) groups is 4. The highest BCUT2D eigenvalue weighted by Crippen LogP contribution is 2.33. The Morgan fingerprint density at radius 3 is 2.11 bits per heavy atom. The van der Waals surface area contributed by atoms with Crippen molar-refractivity contribution in [2.24, 2.45) is 11.8 Å². The fourth-order valence-corrected chi connectivity index (χ4v) is 7.30. The minimum atomic E-state index is -1.21. The lowest BCUT2D eigenvalue weighted by atomic mass is 10.0. The Labute approximate surface area is 308 Å². The number of nitrogens with one attached hydrogen (secondary N) is 5. The first kappa shape index (κ1) is 37.1. The van der Waals surface area contributed by atoms with Gasteiger partial charge in [0.25, 0.3) is 0 Å². The van der Waals surface area contributed by atoms with Crippen molar-refractivity contribution in [1.29, 1.82) is 0 Å². The molecule has 3 aliphatic heterocycles. The molecular weight excluding hydrogens is 680 g/mol. The van der Waals surface area contributed by atoms with E-state index in [1.165, 1.54) is 7.11 Å². The third-order valence-electron chi connectivity index (χ3n) is 10.2. The number of hydrogen-bond acceptors (Lipinski definition) is 10. The van der Waals surface area contributed by atoms with Crippen LogP contribution < -0.4 is 21.3 Å². The largest absolute Gasteiger partial charge is 0.465 e. The number of aromatic amines is 1. The third-order valence-corrected chi connectivity index (χ3v) is 10.2. The van der Waals surface area contributed by atoms with Crippen LogP contribution in [0.3, 0.4) is 0 Å². The molecule has 6 rings (SSSR count). The van der Waals surface area contributed by atoms with Gasteiger partial charge in [-0.05, 0) is 43.1 Å². The number of alkyl carbamates (subject to hydrolysis) is 1. The molecule has 6 N–H and O–H groups in total. The molecule has 16 nitrogen and oxygen atoms in total. The highest BCUT2D eigenvalue weighted by molar-refractivity contribution is 5.87. The van der Waals surface area contributed by atoms with Gasteiger partial charge in [-0.2, -0.15) is 0 Å². The first-order valence-corrected chi connectivity index (χ1v) is 18.1. The number of likely N-dealkylation sites (tertiary alicyclic amines) is 2. The quantitative estimate of drug-likeness (QED) is 0.168. The molecule has 1 aromatic carbocycles. The van der Waals surface area contributed by atoms with Gasteiger partial charge in [-0.3, -0.25) is 9.59 Å². The lowest BCUT2D eigenvalue weighted by Crippen LogP contribution is -2.57. The number of ether oxygens (including phenoxy) is 1. The van der Waals surface area contributed by atoms with E-state index in [0.717, 1.165) is 53.8 Å². The number of imidazole rings is 1. The molecular formula is C37H48N10O6. The zero-order valence-electron chi connectivity index (χ0n) is 30.6. The zero-order chi connectivity index (χ0) is 37.8. The summed E-state index contributed by atoms with van der Waals surface area (Å²) in [5.74, 6) is 0.591. The molecule has 2 saturated heterocycles. The van der Waals surface area contributed by atoms with Gasteiger partial charge in [0.1, 0.15) is 24.1 Å². The number of carboxylic acid groups (broad SMARTS) is 1. The predicted octanol–water partition coefficient (Wildman–Crippen LogP) is 3.68. The number of H-pyrrole nitrogens is 1. The zero-order valence-corrected chi connectivity index (χ0v) is 30.6. The molecule has 4 amide bonds. The van der Waals surface area contributed by atoms with Crippen molar-refractivity contribution in [2.75, 3.05) is 20.2 Å². The summed E-state index contributed by atoms with van der Waals surface area (Å²) in [6.45, 7) is 8.59. The normalized spacial score (nSPS) is 20.8. The summed E-state index contributed by atoms with van der Waals surface area (Å²) in [6, 6.07) is 5.95. The number of methoxy groups -OCH3 is 1. The van der Waals surface area contributed by atoms with Gasteiger partial charge in [0, 0.05) is 42.8 Å². The van der Waals surface area contributed by atoms with Crippen LogP contribution in [0.2, 0.25) is 0 Å². The van der Waals surface area contributed by atoms with Gasteiger partial charge >= 0.3 is 12.2 Å². The summed E-state index contributed by atoms with van der Waals surface area (Å²) < 4.78 is 4.74. The predicted molar refractivity (Wildman–Crippen MR) is 195 cm³/mol. The number of carbonyl (C=O) groups excluding carboxylic acids is 3. The van der Waals surface area contributed by atoms with Crippen molar-refractivity contribution in [3.63, 3.8) is 0 Å². The minimum Gasteiger partial charge on any atom is -0.465 e. The molecule has 3 aliphatic rings. The van der Waals surface area contributed by atoms with Crippen molar-refractivity contribution in [3.05, 3.63) is 60.4 Å². The summed E-state index contributed by atoms with van der Waals surface area (Å²) in [5.41, 5.74) is 4.16. The van der Waals surface area contributed by atoms with E-state index in [4.69, 9.17) is 4.74 Å².